The molecule has 0 fully saturated rings. The third-order valence-electron chi connectivity index (χ3n) is 3.20. The Balaban J connectivity index is 1.98. The lowest BCUT2D eigenvalue weighted by Gasteiger charge is -2.17. The van der Waals surface area contributed by atoms with E-state index < -0.39 is 17.7 Å². The molecule has 2 rings (SSSR count). The first-order valence-electron chi connectivity index (χ1n) is 6.70. The lowest BCUT2D eigenvalue weighted by molar-refractivity contribution is 0.285. The fraction of sp³-hybridized carbons (Fsp3) is 0.250. The zero-order chi connectivity index (χ0) is 15.2. The zero-order valence-corrected chi connectivity index (χ0v) is 11.8. The summed E-state index contributed by atoms with van der Waals surface area (Å²) in [6.45, 7) is 2.31. The van der Waals surface area contributed by atoms with Gasteiger partial charge in [0.1, 0.15) is 17.4 Å². The summed E-state index contributed by atoms with van der Waals surface area (Å²) >= 11 is 0. The van der Waals surface area contributed by atoms with Crippen LogP contribution in [0.3, 0.4) is 0 Å². The van der Waals surface area contributed by atoms with E-state index in [0.717, 1.165) is 29.5 Å². The highest BCUT2D eigenvalue weighted by atomic mass is 19.1. The third kappa shape index (κ3) is 4.24. The van der Waals surface area contributed by atoms with Crippen molar-refractivity contribution < 1.29 is 13.5 Å². The molecule has 5 heteroatoms. The second kappa shape index (κ2) is 7.15. The van der Waals surface area contributed by atoms with Crippen LogP contribution in [0.2, 0.25) is 0 Å². The van der Waals surface area contributed by atoms with E-state index in [1.54, 1.807) is 0 Å². The minimum atomic E-state index is -0.509. The van der Waals surface area contributed by atoms with Gasteiger partial charge in [0.2, 0.25) is 0 Å². The maximum Gasteiger partial charge on any atom is 0.128 e. The van der Waals surface area contributed by atoms with Gasteiger partial charge < -0.3 is 4.74 Å². The van der Waals surface area contributed by atoms with Crippen LogP contribution < -0.4 is 16.0 Å². The monoisotopic (exact) mass is 292 g/mol. The van der Waals surface area contributed by atoms with E-state index in [9.17, 15) is 8.78 Å². The maximum atomic E-state index is 13.7. The van der Waals surface area contributed by atoms with Gasteiger partial charge in [0.25, 0.3) is 0 Å². The van der Waals surface area contributed by atoms with Gasteiger partial charge >= 0.3 is 0 Å². The molecule has 0 spiro atoms. The average molecular weight is 292 g/mol. The molecule has 112 valence electrons. The minimum Gasteiger partial charge on any atom is -0.494 e. The van der Waals surface area contributed by atoms with E-state index in [0.29, 0.717) is 13.0 Å². The Kier molecular flexibility index (Phi) is 5.25. The Labute approximate surface area is 122 Å². The van der Waals surface area contributed by atoms with Gasteiger partial charge in [0, 0.05) is 12.0 Å². The normalized spacial score (nSPS) is 12.2. The van der Waals surface area contributed by atoms with Gasteiger partial charge in [-0.05, 0) is 42.8 Å². The number of hydrogen-bond acceptors (Lipinski definition) is 3. The van der Waals surface area contributed by atoms with Crippen molar-refractivity contribution in [3.8, 4) is 5.75 Å². The molecule has 0 amide bonds. The number of halogens is 2. The highest BCUT2D eigenvalue weighted by molar-refractivity contribution is 5.27. The predicted molar refractivity (Wildman–Crippen MR) is 77.7 cm³/mol. The first-order chi connectivity index (χ1) is 10.1. The second-order valence-electron chi connectivity index (χ2n) is 4.84. The Morgan fingerprint density at radius 2 is 2.00 bits per heavy atom. The molecule has 2 aromatic rings. The van der Waals surface area contributed by atoms with E-state index in [1.807, 2.05) is 31.2 Å². The van der Waals surface area contributed by atoms with Gasteiger partial charge in [-0.2, -0.15) is 0 Å². The number of nitrogens with one attached hydrogen (secondary N) is 1. The van der Waals surface area contributed by atoms with E-state index in [1.165, 1.54) is 0 Å². The van der Waals surface area contributed by atoms with Crippen LogP contribution in [0.4, 0.5) is 8.78 Å². The van der Waals surface area contributed by atoms with Crippen molar-refractivity contribution in [2.75, 3.05) is 6.61 Å². The molecule has 0 bridgehead atoms. The molecule has 0 aromatic heterocycles. The first kappa shape index (κ1) is 15.4. The fourth-order valence-electron chi connectivity index (χ4n) is 2.11. The molecule has 21 heavy (non-hydrogen) atoms. The number of ether oxygens (including phenoxy) is 1. The van der Waals surface area contributed by atoms with Crippen molar-refractivity contribution in [2.24, 2.45) is 5.84 Å². The van der Waals surface area contributed by atoms with Crippen LogP contribution in [-0.2, 0) is 0 Å². The average Bonchev–Trinajstić information content (AvgIpc) is 2.47. The van der Waals surface area contributed by atoms with Gasteiger partial charge in [-0.15, -0.1) is 0 Å². The molecule has 0 aliphatic carbocycles. The van der Waals surface area contributed by atoms with Crippen molar-refractivity contribution >= 4 is 0 Å². The van der Waals surface area contributed by atoms with Crippen molar-refractivity contribution in [2.45, 2.75) is 19.4 Å². The van der Waals surface area contributed by atoms with Gasteiger partial charge in [0.05, 0.1) is 12.6 Å². The summed E-state index contributed by atoms with van der Waals surface area (Å²) in [7, 11) is 0. The Morgan fingerprint density at radius 1 is 1.19 bits per heavy atom. The molecular weight excluding hydrogens is 274 g/mol. The van der Waals surface area contributed by atoms with Crippen molar-refractivity contribution in [1.82, 2.24) is 5.43 Å². The van der Waals surface area contributed by atoms with Crippen LogP contribution in [0.1, 0.15) is 23.6 Å². The lowest BCUT2D eigenvalue weighted by Crippen LogP contribution is -2.30. The summed E-state index contributed by atoms with van der Waals surface area (Å²) in [4.78, 5) is 0. The smallest absolute Gasteiger partial charge is 0.128 e. The van der Waals surface area contributed by atoms with Crippen LogP contribution >= 0.6 is 0 Å². The van der Waals surface area contributed by atoms with Crippen LogP contribution in [-0.4, -0.2) is 6.61 Å². The van der Waals surface area contributed by atoms with Crippen LogP contribution in [0.25, 0.3) is 0 Å². The van der Waals surface area contributed by atoms with E-state index in [4.69, 9.17) is 10.6 Å². The number of hydrogen-bond donors (Lipinski definition) is 2. The van der Waals surface area contributed by atoms with Crippen molar-refractivity contribution in [1.29, 1.82) is 0 Å². The molecular formula is C16H18F2N2O. The number of benzene rings is 2. The Hall–Kier alpha value is -1.98. The van der Waals surface area contributed by atoms with Gasteiger partial charge in [0.15, 0.2) is 0 Å². The quantitative estimate of drug-likeness (QED) is 0.634. The summed E-state index contributed by atoms with van der Waals surface area (Å²) in [6, 6.07) is 10.4. The minimum absolute atomic E-state index is 0.199. The molecule has 0 saturated carbocycles. The van der Waals surface area contributed by atoms with E-state index in [2.05, 4.69) is 5.43 Å². The highest BCUT2D eigenvalue weighted by Crippen LogP contribution is 2.21. The van der Waals surface area contributed by atoms with E-state index in [-0.39, 0.29) is 5.56 Å². The summed E-state index contributed by atoms with van der Waals surface area (Å²) in [5.41, 5.74) is 3.79. The van der Waals surface area contributed by atoms with E-state index >= 15 is 0 Å². The molecule has 0 heterocycles. The van der Waals surface area contributed by atoms with Gasteiger partial charge in [-0.3, -0.25) is 11.3 Å². The zero-order valence-electron chi connectivity index (χ0n) is 11.8. The summed E-state index contributed by atoms with van der Waals surface area (Å²) < 4.78 is 32.5. The van der Waals surface area contributed by atoms with Gasteiger partial charge in [-0.1, -0.05) is 12.1 Å². The van der Waals surface area contributed by atoms with Crippen molar-refractivity contribution in [3.63, 3.8) is 0 Å². The van der Waals surface area contributed by atoms with Gasteiger partial charge in [-0.25, -0.2) is 8.78 Å². The molecule has 0 radical (unpaired) electrons. The third-order valence-corrected chi connectivity index (χ3v) is 3.20. The van der Waals surface area contributed by atoms with Crippen LogP contribution in [0, 0.1) is 18.6 Å². The molecule has 1 atom stereocenters. The van der Waals surface area contributed by atoms with Crippen LogP contribution in [0.15, 0.2) is 42.5 Å². The molecule has 0 saturated heterocycles. The first-order valence-corrected chi connectivity index (χ1v) is 6.70. The molecule has 0 aliphatic rings. The van der Waals surface area contributed by atoms with Crippen molar-refractivity contribution in [3.05, 3.63) is 65.2 Å². The van der Waals surface area contributed by atoms with Crippen LogP contribution in [0.5, 0.6) is 5.75 Å². The SMILES string of the molecule is Cc1cccc(OCCC(NN)c2cc(F)ccc2F)c1. The number of nitrogens with two attached hydrogens (primary N) is 1. The second-order valence-corrected chi connectivity index (χ2v) is 4.84. The molecule has 2 aromatic carbocycles. The summed E-state index contributed by atoms with van der Waals surface area (Å²) in [5, 5.41) is 0. The number of hydrazine groups is 1. The maximum absolute atomic E-state index is 13.7. The molecule has 1 unspecified atom stereocenters. The highest BCUT2D eigenvalue weighted by Gasteiger charge is 2.15. The molecule has 0 aliphatic heterocycles. The predicted octanol–water partition coefficient (Wildman–Crippen LogP) is 3.25. The topological polar surface area (TPSA) is 47.3 Å². The Morgan fingerprint density at radius 3 is 2.71 bits per heavy atom. The Bertz CT molecular complexity index is 605. The lowest BCUT2D eigenvalue weighted by atomic mass is 10.0. The number of aryl methyl sites for hydroxylation is 1. The molecule has 3 nitrogen and oxygen atoms in total. The summed E-state index contributed by atoms with van der Waals surface area (Å²) in [6.07, 6.45) is 0.421. The summed E-state index contributed by atoms with van der Waals surface area (Å²) in [5.74, 6) is 5.19. The molecule has 3 N–H and O–H groups in total. The fourth-order valence-corrected chi connectivity index (χ4v) is 2.11. The number of rotatable bonds is 6. The largest absolute Gasteiger partial charge is 0.494 e. The standard InChI is InChI=1S/C16H18F2N2O/c1-11-3-2-4-13(9-11)21-8-7-16(20-19)14-10-12(17)5-6-15(14)18/h2-6,9-10,16,20H,7-8,19H2,1H3.